The summed E-state index contributed by atoms with van der Waals surface area (Å²) in [4.78, 5) is 0. The predicted molar refractivity (Wildman–Crippen MR) is 49.0 cm³/mol. The van der Waals surface area contributed by atoms with E-state index in [1.807, 2.05) is 0 Å². The van der Waals surface area contributed by atoms with Crippen molar-refractivity contribution >= 4 is 0 Å². The van der Waals surface area contributed by atoms with E-state index in [1.54, 1.807) is 0 Å². The SMILES string of the molecule is OC(C1CC1)C1CCCCCN1. The molecule has 0 amide bonds. The number of hydrogen-bond donors (Lipinski definition) is 2. The van der Waals surface area contributed by atoms with Gasteiger partial charge in [0.25, 0.3) is 0 Å². The third-order valence-electron chi connectivity index (χ3n) is 3.12. The summed E-state index contributed by atoms with van der Waals surface area (Å²) in [5.41, 5.74) is 0. The molecule has 0 spiro atoms. The lowest BCUT2D eigenvalue weighted by atomic mass is 10.0. The van der Waals surface area contributed by atoms with Crippen molar-refractivity contribution in [2.45, 2.75) is 50.7 Å². The molecule has 12 heavy (non-hydrogen) atoms. The standard InChI is InChI=1S/C10H19NO/c12-10(8-5-6-8)9-4-2-1-3-7-11-9/h8-12H,1-7H2. The molecule has 1 saturated carbocycles. The van der Waals surface area contributed by atoms with E-state index in [4.69, 9.17) is 0 Å². The summed E-state index contributed by atoms with van der Waals surface area (Å²) < 4.78 is 0. The summed E-state index contributed by atoms with van der Waals surface area (Å²) in [5.74, 6) is 0.626. The Morgan fingerprint density at radius 1 is 1.08 bits per heavy atom. The molecular weight excluding hydrogens is 150 g/mol. The predicted octanol–water partition coefficient (Wildman–Crippen LogP) is 1.29. The van der Waals surface area contributed by atoms with E-state index in [9.17, 15) is 5.11 Å². The van der Waals surface area contributed by atoms with Gasteiger partial charge in [-0.15, -0.1) is 0 Å². The Hall–Kier alpha value is -0.0800. The molecule has 70 valence electrons. The van der Waals surface area contributed by atoms with Crippen LogP contribution in [0.3, 0.4) is 0 Å². The average Bonchev–Trinajstić information content (AvgIpc) is 2.92. The van der Waals surface area contributed by atoms with Crippen LogP contribution in [0, 0.1) is 5.92 Å². The van der Waals surface area contributed by atoms with E-state index < -0.39 is 0 Å². The van der Waals surface area contributed by atoms with Crippen LogP contribution in [0.15, 0.2) is 0 Å². The largest absolute Gasteiger partial charge is 0.391 e. The normalized spacial score (nSPS) is 34.2. The Morgan fingerprint density at radius 2 is 1.92 bits per heavy atom. The van der Waals surface area contributed by atoms with Gasteiger partial charge in [-0.1, -0.05) is 12.8 Å². The minimum atomic E-state index is -0.0527. The van der Waals surface area contributed by atoms with Gasteiger partial charge in [-0.3, -0.25) is 0 Å². The van der Waals surface area contributed by atoms with Crippen LogP contribution in [-0.4, -0.2) is 23.8 Å². The molecule has 2 atom stereocenters. The van der Waals surface area contributed by atoms with E-state index in [2.05, 4.69) is 5.32 Å². The molecule has 0 aromatic carbocycles. The fraction of sp³-hybridized carbons (Fsp3) is 1.00. The van der Waals surface area contributed by atoms with Crippen LogP contribution < -0.4 is 5.32 Å². The first kappa shape index (κ1) is 8.52. The van der Waals surface area contributed by atoms with E-state index >= 15 is 0 Å². The second kappa shape index (κ2) is 3.75. The minimum Gasteiger partial charge on any atom is -0.391 e. The van der Waals surface area contributed by atoms with Crippen molar-refractivity contribution in [2.75, 3.05) is 6.54 Å². The van der Waals surface area contributed by atoms with Crippen LogP contribution in [0.1, 0.15) is 38.5 Å². The minimum absolute atomic E-state index is 0.0527. The highest BCUT2D eigenvalue weighted by molar-refractivity contribution is 4.89. The smallest absolute Gasteiger partial charge is 0.0721 e. The van der Waals surface area contributed by atoms with Gasteiger partial charge in [0.05, 0.1) is 6.10 Å². The van der Waals surface area contributed by atoms with E-state index in [1.165, 1.54) is 38.5 Å². The summed E-state index contributed by atoms with van der Waals surface area (Å²) in [6.07, 6.45) is 7.54. The highest BCUT2D eigenvalue weighted by Gasteiger charge is 2.34. The van der Waals surface area contributed by atoms with Crippen LogP contribution in [0.2, 0.25) is 0 Å². The second-order valence-corrected chi connectivity index (χ2v) is 4.24. The fourth-order valence-corrected chi connectivity index (χ4v) is 2.11. The molecule has 2 aliphatic rings. The molecule has 1 aliphatic carbocycles. The Labute approximate surface area is 74.4 Å². The maximum Gasteiger partial charge on any atom is 0.0721 e. The molecule has 1 aliphatic heterocycles. The summed E-state index contributed by atoms with van der Waals surface area (Å²) in [5, 5.41) is 13.3. The molecule has 0 aromatic rings. The number of aliphatic hydroxyl groups is 1. The quantitative estimate of drug-likeness (QED) is 0.653. The first-order valence-corrected chi connectivity index (χ1v) is 5.29. The maximum absolute atomic E-state index is 9.88. The second-order valence-electron chi connectivity index (χ2n) is 4.24. The van der Waals surface area contributed by atoms with Gasteiger partial charge < -0.3 is 10.4 Å². The van der Waals surface area contributed by atoms with E-state index in [0.717, 1.165) is 6.54 Å². The lowest BCUT2D eigenvalue weighted by Gasteiger charge is -2.21. The molecule has 2 unspecified atom stereocenters. The van der Waals surface area contributed by atoms with Crippen LogP contribution >= 0.6 is 0 Å². The Morgan fingerprint density at radius 3 is 2.67 bits per heavy atom. The monoisotopic (exact) mass is 169 g/mol. The molecular formula is C10H19NO. The van der Waals surface area contributed by atoms with Crippen LogP contribution in [0.5, 0.6) is 0 Å². The van der Waals surface area contributed by atoms with Gasteiger partial charge in [0, 0.05) is 6.04 Å². The molecule has 2 fully saturated rings. The van der Waals surface area contributed by atoms with Crippen molar-refractivity contribution in [3.05, 3.63) is 0 Å². The molecule has 0 bridgehead atoms. The number of rotatable bonds is 2. The van der Waals surface area contributed by atoms with Crippen molar-refractivity contribution in [2.24, 2.45) is 5.92 Å². The zero-order chi connectivity index (χ0) is 8.39. The van der Waals surface area contributed by atoms with Gasteiger partial charge in [-0.05, 0) is 38.1 Å². The third kappa shape index (κ3) is 1.99. The Kier molecular flexibility index (Phi) is 2.66. The van der Waals surface area contributed by atoms with Gasteiger partial charge >= 0.3 is 0 Å². The highest BCUT2D eigenvalue weighted by atomic mass is 16.3. The molecule has 0 aromatic heterocycles. The number of hydrogen-bond acceptors (Lipinski definition) is 2. The number of nitrogens with one attached hydrogen (secondary N) is 1. The van der Waals surface area contributed by atoms with Gasteiger partial charge in [0.15, 0.2) is 0 Å². The van der Waals surface area contributed by atoms with Crippen molar-refractivity contribution in [1.29, 1.82) is 0 Å². The zero-order valence-corrected chi connectivity index (χ0v) is 7.63. The van der Waals surface area contributed by atoms with Crippen molar-refractivity contribution in [1.82, 2.24) is 5.32 Å². The molecule has 1 saturated heterocycles. The highest BCUT2D eigenvalue weighted by Crippen LogP contribution is 2.35. The lowest BCUT2D eigenvalue weighted by Crippen LogP contribution is -2.40. The molecule has 2 nitrogen and oxygen atoms in total. The van der Waals surface area contributed by atoms with Crippen molar-refractivity contribution in [3.8, 4) is 0 Å². The first-order chi connectivity index (χ1) is 5.88. The summed E-state index contributed by atoms with van der Waals surface area (Å²) in [6, 6.07) is 0.403. The Bertz CT molecular complexity index is 137. The van der Waals surface area contributed by atoms with E-state index in [0.29, 0.717) is 12.0 Å². The maximum atomic E-state index is 9.88. The average molecular weight is 169 g/mol. The molecule has 2 N–H and O–H groups in total. The van der Waals surface area contributed by atoms with Crippen LogP contribution in [0.4, 0.5) is 0 Å². The molecule has 2 heteroatoms. The Balaban J connectivity index is 1.82. The topological polar surface area (TPSA) is 32.3 Å². The molecule has 1 heterocycles. The number of aliphatic hydroxyl groups excluding tert-OH is 1. The van der Waals surface area contributed by atoms with Crippen LogP contribution in [0.25, 0.3) is 0 Å². The van der Waals surface area contributed by atoms with Gasteiger partial charge in [0.1, 0.15) is 0 Å². The summed E-state index contributed by atoms with van der Waals surface area (Å²) in [7, 11) is 0. The fourth-order valence-electron chi connectivity index (χ4n) is 2.11. The zero-order valence-electron chi connectivity index (χ0n) is 7.63. The lowest BCUT2D eigenvalue weighted by molar-refractivity contribution is 0.104. The summed E-state index contributed by atoms with van der Waals surface area (Å²) in [6.45, 7) is 1.11. The summed E-state index contributed by atoms with van der Waals surface area (Å²) >= 11 is 0. The van der Waals surface area contributed by atoms with E-state index in [-0.39, 0.29) is 6.10 Å². The van der Waals surface area contributed by atoms with Crippen molar-refractivity contribution in [3.63, 3.8) is 0 Å². The van der Waals surface area contributed by atoms with Gasteiger partial charge in [0.2, 0.25) is 0 Å². The van der Waals surface area contributed by atoms with Crippen molar-refractivity contribution < 1.29 is 5.11 Å². The molecule has 2 rings (SSSR count). The van der Waals surface area contributed by atoms with Gasteiger partial charge in [-0.25, -0.2) is 0 Å². The molecule has 0 radical (unpaired) electrons. The van der Waals surface area contributed by atoms with Crippen LogP contribution in [-0.2, 0) is 0 Å². The first-order valence-electron chi connectivity index (χ1n) is 5.29. The third-order valence-corrected chi connectivity index (χ3v) is 3.12. The van der Waals surface area contributed by atoms with Gasteiger partial charge in [-0.2, -0.15) is 0 Å².